The van der Waals surface area contributed by atoms with Gasteiger partial charge in [0.05, 0.1) is 17.9 Å². The zero-order valence-electron chi connectivity index (χ0n) is 17.4. The predicted octanol–water partition coefficient (Wildman–Crippen LogP) is 3.76. The Bertz CT molecular complexity index is 770. The first-order valence-corrected chi connectivity index (χ1v) is 13.2. The van der Waals surface area contributed by atoms with Crippen molar-refractivity contribution in [3.05, 3.63) is 24.0 Å². The van der Waals surface area contributed by atoms with Gasteiger partial charge >= 0.3 is 6.09 Å². The molecule has 0 bridgehead atoms. The lowest BCUT2D eigenvalue weighted by molar-refractivity contribution is 0.0229. The van der Waals surface area contributed by atoms with E-state index in [1.165, 1.54) is 0 Å². The molecule has 0 spiro atoms. The molecule has 146 valence electrons. The van der Waals surface area contributed by atoms with Crippen molar-refractivity contribution in [3.8, 4) is 11.5 Å². The largest absolute Gasteiger partial charge is 0.444 e. The minimum Gasteiger partial charge on any atom is -0.444 e. The van der Waals surface area contributed by atoms with Crippen LogP contribution in [0.25, 0.3) is 0 Å². The number of carbonyl (C=O) groups excluding carboxylic acids is 1. The van der Waals surface area contributed by atoms with E-state index in [0.717, 1.165) is 37.3 Å². The molecule has 6 heteroatoms. The highest BCUT2D eigenvalue weighted by molar-refractivity contribution is 6.83. The number of pyridine rings is 1. The van der Waals surface area contributed by atoms with Crippen LogP contribution in [0.2, 0.25) is 19.6 Å². The van der Waals surface area contributed by atoms with E-state index >= 15 is 0 Å². The van der Waals surface area contributed by atoms with Gasteiger partial charge in [-0.25, -0.2) is 4.79 Å². The van der Waals surface area contributed by atoms with E-state index in [4.69, 9.17) is 4.74 Å². The molecule has 0 radical (unpaired) electrons. The highest BCUT2D eigenvalue weighted by Crippen LogP contribution is 2.34. The van der Waals surface area contributed by atoms with Crippen LogP contribution in [0.5, 0.6) is 0 Å². The van der Waals surface area contributed by atoms with Gasteiger partial charge in [-0.3, -0.25) is 4.98 Å². The Morgan fingerprint density at radius 1 is 1.26 bits per heavy atom. The molecule has 1 aromatic rings. The van der Waals surface area contributed by atoms with E-state index in [1.54, 1.807) is 0 Å². The number of rotatable bonds is 1. The van der Waals surface area contributed by atoms with Gasteiger partial charge in [-0.05, 0) is 33.3 Å². The van der Waals surface area contributed by atoms with Crippen LogP contribution >= 0.6 is 0 Å². The van der Waals surface area contributed by atoms with Gasteiger partial charge in [0.1, 0.15) is 13.7 Å². The zero-order chi connectivity index (χ0) is 19.8. The van der Waals surface area contributed by atoms with Crippen LogP contribution in [0.3, 0.4) is 0 Å². The number of hydrogen-bond donors (Lipinski definition) is 0. The number of fused-ring (bicyclic) bond motifs is 1. The molecule has 5 nitrogen and oxygen atoms in total. The highest BCUT2D eigenvalue weighted by atomic mass is 28.3. The van der Waals surface area contributed by atoms with Gasteiger partial charge in [-0.2, -0.15) is 0 Å². The monoisotopic (exact) mass is 385 g/mol. The zero-order valence-corrected chi connectivity index (χ0v) is 18.4. The minimum atomic E-state index is -1.41. The molecule has 2 saturated heterocycles. The fourth-order valence-electron chi connectivity index (χ4n) is 3.65. The van der Waals surface area contributed by atoms with Crippen molar-refractivity contribution < 1.29 is 9.53 Å². The lowest BCUT2D eigenvalue weighted by atomic mass is 10.1. The van der Waals surface area contributed by atoms with Crippen LogP contribution in [-0.2, 0) is 4.74 Å². The van der Waals surface area contributed by atoms with Crippen molar-refractivity contribution in [1.29, 1.82) is 0 Å². The summed E-state index contributed by atoms with van der Waals surface area (Å²) in [5.41, 5.74) is 5.00. The van der Waals surface area contributed by atoms with Crippen molar-refractivity contribution in [2.75, 3.05) is 24.5 Å². The maximum Gasteiger partial charge on any atom is 0.410 e. The molecular formula is C21H31N3O2Si. The summed E-state index contributed by atoms with van der Waals surface area (Å²) >= 11 is 0. The third kappa shape index (κ3) is 5.04. The number of amides is 1. The Balaban J connectivity index is 1.71. The van der Waals surface area contributed by atoms with Crippen molar-refractivity contribution in [2.45, 2.75) is 58.5 Å². The first-order valence-electron chi connectivity index (χ1n) is 9.75. The fraction of sp³-hybridized carbons (Fsp3) is 0.619. The van der Waals surface area contributed by atoms with Crippen LogP contribution in [0.4, 0.5) is 10.5 Å². The van der Waals surface area contributed by atoms with E-state index in [1.807, 2.05) is 38.1 Å². The Hall–Kier alpha value is -2.00. The third-order valence-electron chi connectivity index (χ3n) is 4.85. The van der Waals surface area contributed by atoms with Gasteiger partial charge in [0.2, 0.25) is 0 Å². The summed E-state index contributed by atoms with van der Waals surface area (Å²) in [7, 11) is -1.41. The van der Waals surface area contributed by atoms with Gasteiger partial charge in [-0.1, -0.05) is 25.6 Å². The number of aromatic nitrogens is 1. The molecule has 3 rings (SSSR count). The Morgan fingerprint density at radius 2 is 2.00 bits per heavy atom. The van der Waals surface area contributed by atoms with Gasteiger partial charge in [0, 0.05) is 37.3 Å². The second kappa shape index (κ2) is 7.20. The average molecular weight is 386 g/mol. The van der Waals surface area contributed by atoms with E-state index < -0.39 is 13.7 Å². The maximum absolute atomic E-state index is 12.5. The second-order valence-corrected chi connectivity index (χ2v) is 14.4. The smallest absolute Gasteiger partial charge is 0.410 e. The second-order valence-electron chi connectivity index (χ2n) is 9.63. The van der Waals surface area contributed by atoms with Gasteiger partial charge < -0.3 is 14.5 Å². The summed E-state index contributed by atoms with van der Waals surface area (Å²) in [6, 6.07) is 2.34. The molecule has 0 unspecified atom stereocenters. The number of nitrogens with zero attached hydrogens (tertiary/aromatic N) is 3. The molecule has 0 aliphatic carbocycles. The lowest BCUT2D eigenvalue weighted by Gasteiger charge is -2.28. The van der Waals surface area contributed by atoms with Crippen molar-refractivity contribution in [1.82, 2.24) is 9.88 Å². The number of likely N-dealkylation sites (tertiary alicyclic amines) is 1. The van der Waals surface area contributed by atoms with Crippen LogP contribution in [0, 0.1) is 17.4 Å². The summed E-state index contributed by atoms with van der Waals surface area (Å²) in [5.74, 6) is 3.78. The first-order chi connectivity index (χ1) is 12.5. The quantitative estimate of drug-likeness (QED) is 0.545. The fourth-order valence-corrected chi connectivity index (χ4v) is 4.17. The first kappa shape index (κ1) is 19.8. The molecule has 2 aliphatic rings. The summed E-state index contributed by atoms with van der Waals surface area (Å²) < 4.78 is 5.60. The molecule has 0 saturated carbocycles. The normalized spacial score (nSPS) is 22.3. The molecule has 2 fully saturated rings. The SMILES string of the molecule is CC(C)(C)OC(=O)N1CC[C@@H]2CN(c3cncc(C#C[Si](C)(C)C)c3)C[C@@H]21. The van der Waals surface area contributed by atoms with Crippen LogP contribution in [-0.4, -0.2) is 55.3 Å². The number of hydrogen-bond acceptors (Lipinski definition) is 4. The molecule has 2 aliphatic heterocycles. The van der Waals surface area contributed by atoms with E-state index in [0.29, 0.717) is 5.92 Å². The summed E-state index contributed by atoms with van der Waals surface area (Å²) in [6.07, 6.45) is 4.58. The number of ether oxygens (including phenoxy) is 1. The highest BCUT2D eigenvalue weighted by Gasteiger charge is 2.44. The molecule has 1 aromatic heterocycles. The standard InChI is InChI=1S/C21H31N3O2Si/c1-21(2,3)26-20(25)24-9-7-17-14-23(15-19(17)24)18-11-16(12-22-13-18)8-10-27(4,5)6/h11-13,17,19H,7,9,14-15H2,1-6H3/t17-,19+/m1/s1. The van der Waals surface area contributed by atoms with E-state index in [9.17, 15) is 4.79 Å². The van der Waals surface area contributed by atoms with Crippen LogP contribution in [0.15, 0.2) is 18.5 Å². The number of carbonyl (C=O) groups is 1. The topological polar surface area (TPSA) is 45.7 Å². The minimum absolute atomic E-state index is 0.190. The molecule has 1 amide bonds. The summed E-state index contributed by atoms with van der Waals surface area (Å²) in [6.45, 7) is 15.0. The lowest BCUT2D eigenvalue weighted by Crippen LogP contribution is -2.42. The molecule has 27 heavy (non-hydrogen) atoms. The Kier molecular flexibility index (Phi) is 5.26. The molecule has 0 N–H and O–H groups in total. The van der Waals surface area contributed by atoms with Crippen molar-refractivity contribution in [2.24, 2.45) is 5.92 Å². The molecule has 0 aromatic carbocycles. The van der Waals surface area contributed by atoms with Crippen molar-refractivity contribution in [3.63, 3.8) is 0 Å². The van der Waals surface area contributed by atoms with Gasteiger partial charge in [0.15, 0.2) is 0 Å². The maximum atomic E-state index is 12.5. The predicted molar refractivity (Wildman–Crippen MR) is 112 cm³/mol. The van der Waals surface area contributed by atoms with Crippen LogP contribution in [0.1, 0.15) is 32.8 Å². The Morgan fingerprint density at radius 3 is 2.67 bits per heavy atom. The number of anilines is 1. The Labute approximate surface area is 164 Å². The van der Waals surface area contributed by atoms with Crippen molar-refractivity contribution >= 4 is 19.9 Å². The summed E-state index contributed by atoms with van der Waals surface area (Å²) in [4.78, 5) is 21.2. The van der Waals surface area contributed by atoms with E-state index in [-0.39, 0.29) is 12.1 Å². The molecule has 2 atom stereocenters. The van der Waals surface area contributed by atoms with Gasteiger partial charge in [-0.15, -0.1) is 5.54 Å². The molecule has 3 heterocycles. The van der Waals surface area contributed by atoms with Gasteiger partial charge in [0.25, 0.3) is 0 Å². The average Bonchev–Trinajstić information content (AvgIpc) is 3.11. The molecular weight excluding hydrogens is 354 g/mol. The van der Waals surface area contributed by atoms with Crippen LogP contribution < -0.4 is 4.90 Å². The third-order valence-corrected chi connectivity index (χ3v) is 5.72. The van der Waals surface area contributed by atoms with E-state index in [2.05, 4.69) is 47.1 Å². The summed E-state index contributed by atoms with van der Waals surface area (Å²) in [5, 5.41) is 0.